The maximum atomic E-state index is 5.21. The molecule has 0 saturated carbocycles. The Balaban J connectivity index is 2.27. The van der Waals surface area contributed by atoms with Crippen LogP contribution in [0, 0.1) is 6.92 Å². The van der Waals surface area contributed by atoms with Gasteiger partial charge in [-0.25, -0.2) is 0 Å². The minimum absolute atomic E-state index is 0.382. The van der Waals surface area contributed by atoms with Crippen molar-refractivity contribution in [2.75, 3.05) is 7.11 Å². The Kier molecular flexibility index (Phi) is 5.87. The number of unbranched alkanes of at least 4 members (excludes halogenated alkanes) is 1. The first-order valence-electron chi connectivity index (χ1n) is 5.98. The first kappa shape index (κ1) is 13.0. The summed E-state index contributed by atoms with van der Waals surface area (Å²) in [4.78, 5) is 0. The summed E-state index contributed by atoms with van der Waals surface area (Å²) in [6.45, 7) is 4.24. The van der Waals surface area contributed by atoms with Crippen molar-refractivity contribution in [3.63, 3.8) is 0 Å². The summed E-state index contributed by atoms with van der Waals surface area (Å²) in [5.74, 6) is 0. The van der Waals surface area contributed by atoms with Gasteiger partial charge in [0.05, 0.1) is 6.10 Å². The number of ether oxygens (including phenoxy) is 1. The third-order valence-corrected chi connectivity index (χ3v) is 2.74. The fourth-order valence-electron chi connectivity index (χ4n) is 1.63. The van der Waals surface area contributed by atoms with Crippen LogP contribution in [0.5, 0.6) is 0 Å². The molecule has 1 rings (SSSR count). The van der Waals surface area contributed by atoms with Crippen molar-refractivity contribution in [2.45, 2.75) is 39.2 Å². The topological polar surface area (TPSA) is 9.23 Å². The summed E-state index contributed by atoms with van der Waals surface area (Å²) < 4.78 is 5.21. The Hall–Kier alpha value is -1.08. The summed E-state index contributed by atoms with van der Waals surface area (Å²) >= 11 is 0. The van der Waals surface area contributed by atoms with Crippen molar-refractivity contribution >= 4 is 6.08 Å². The van der Waals surface area contributed by atoms with Gasteiger partial charge in [-0.1, -0.05) is 42.0 Å². The second-order valence-electron chi connectivity index (χ2n) is 4.29. The average molecular weight is 218 g/mol. The summed E-state index contributed by atoms with van der Waals surface area (Å²) in [7, 11) is 1.77. The number of hydrogen-bond donors (Lipinski definition) is 0. The number of rotatable bonds is 6. The molecule has 0 radical (unpaired) electrons. The van der Waals surface area contributed by atoms with E-state index in [0.717, 1.165) is 12.8 Å². The predicted molar refractivity (Wildman–Crippen MR) is 70.5 cm³/mol. The molecule has 0 aliphatic heterocycles. The molecular formula is C15H22O. The van der Waals surface area contributed by atoms with Gasteiger partial charge >= 0.3 is 0 Å². The molecule has 1 atom stereocenters. The van der Waals surface area contributed by atoms with E-state index in [1.807, 2.05) is 0 Å². The molecule has 1 heteroatoms. The molecule has 0 N–H and O–H groups in total. The summed E-state index contributed by atoms with van der Waals surface area (Å²) in [5.41, 5.74) is 2.61. The molecule has 0 saturated heterocycles. The third kappa shape index (κ3) is 5.13. The van der Waals surface area contributed by atoms with Crippen LogP contribution in [0.3, 0.4) is 0 Å². The average Bonchev–Trinajstić information content (AvgIpc) is 2.28. The molecule has 0 bridgehead atoms. The van der Waals surface area contributed by atoms with Gasteiger partial charge in [-0.3, -0.25) is 0 Å². The van der Waals surface area contributed by atoms with E-state index in [-0.39, 0.29) is 0 Å². The maximum Gasteiger partial charge on any atom is 0.0543 e. The molecule has 0 aromatic heterocycles. The first-order valence-corrected chi connectivity index (χ1v) is 5.98. The smallest absolute Gasteiger partial charge is 0.0543 e. The van der Waals surface area contributed by atoms with Crippen LogP contribution in [0.1, 0.15) is 37.3 Å². The largest absolute Gasteiger partial charge is 0.382 e. The molecule has 0 aliphatic rings. The van der Waals surface area contributed by atoms with Crippen molar-refractivity contribution < 1.29 is 4.74 Å². The molecule has 1 aromatic rings. The van der Waals surface area contributed by atoms with Crippen LogP contribution in [-0.4, -0.2) is 13.2 Å². The van der Waals surface area contributed by atoms with Gasteiger partial charge in [0.25, 0.3) is 0 Å². The van der Waals surface area contributed by atoms with Gasteiger partial charge in [0.2, 0.25) is 0 Å². The molecule has 0 spiro atoms. The molecule has 0 unspecified atom stereocenters. The molecule has 1 aromatic carbocycles. The van der Waals surface area contributed by atoms with Crippen LogP contribution in [0.2, 0.25) is 0 Å². The molecule has 16 heavy (non-hydrogen) atoms. The van der Waals surface area contributed by atoms with Crippen molar-refractivity contribution in [1.29, 1.82) is 0 Å². The fraction of sp³-hybridized carbons (Fsp3) is 0.467. The van der Waals surface area contributed by atoms with Crippen LogP contribution in [-0.2, 0) is 4.74 Å². The molecule has 1 nitrogen and oxygen atoms in total. The van der Waals surface area contributed by atoms with Gasteiger partial charge < -0.3 is 4.74 Å². The highest BCUT2D eigenvalue weighted by molar-refractivity contribution is 5.49. The molecule has 0 amide bonds. The van der Waals surface area contributed by atoms with Crippen LogP contribution in [0.25, 0.3) is 6.08 Å². The number of benzene rings is 1. The van der Waals surface area contributed by atoms with Gasteiger partial charge in [-0.05, 0) is 38.7 Å². The van der Waals surface area contributed by atoms with Crippen molar-refractivity contribution in [3.05, 3.63) is 41.5 Å². The SMILES string of the molecule is CO[C@H](C)CCC/C=C/c1cccc(C)c1. The molecular weight excluding hydrogens is 196 g/mol. The first-order chi connectivity index (χ1) is 7.72. The van der Waals surface area contributed by atoms with Gasteiger partial charge in [0, 0.05) is 7.11 Å². The standard InChI is InChI=1S/C15H22O/c1-13-8-7-11-15(12-13)10-6-4-5-9-14(2)16-3/h6-8,10-12,14H,4-5,9H2,1-3H3/b10-6+/t14-/m1/s1. The van der Waals surface area contributed by atoms with E-state index >= 15 is 0 Å². The Morgan fingerprint density at radius 2 is 2.19 bits per heavy atom. The van der Waals surface area contributed by atoms with Crippen molar-refractivity contribution in [3.8, 4) is 0 Å². The van der Waals surface area contributed by atoms with Gasteiger partial charge in [0.15, 0.2) is 0 Å². The van der Waals surface area contributed by atoms with E-state index < -0.39 is 0 Å². The van der Waals surface area contributed by atoms with Crippen LogP contribution in [0.15, 0.2) is 30.3 Å². The summed E-state index contributed by atoms with van der Waals surface area (Å²) in [6, 6.07) is 8.56. The highest BCUT2D eigenvalue weighted by Crippen LogP contribution is 2.08. The second-order valence-corrected chi connectivity index (χ2v) is 4.29. The monoisotopic (exact) mass is 218 g/mol. The zero-order chi connectivity index (χ0) is 11.8. The van der Waals surface area contributed by atoms with E-state index in [2.05, 4.69) is 50.3 Å². The van der Waals surface area contributed by atoms with Crippen LogP contribution >= 0.6 is 0 Å². The maximum absolute atomic E-state index is 5.21. The van der Waals surface area contributed by atoms with E-state index in [0.29, 0.717) is 6.10 Å². The third-order valence-electron chi connectivity index (χ3n) is 2.74. The van der Waals surface area contributed by atoms with Gasteiger partial charge in [-0.2, -0.15) is 0 Å². The number of aryl methyl sites for hydroxylation is 1. The lowest BCUT2D eigenvalue weighted by molar-refractivity contribution is 0.109. The zero-order valence-electron chi connectivity index (χ0n) is 10.6. The second kappa shape index (κ2) is 7.24. The lowest BCUT2D eigenvalue weighted by Gasteiger charge is -2.06. The fourth-order valence-corrected chi connectivity index (χ4v) is 1.63. The molecule has 0 fully saturated rings. The normalized spacial score (nSPS) is 13.2. The molecule has 0 heterocycles. The zero-order valence-corrected chi connectivity index (χ0v) is 10.6. The van der Waals surface area contributed by atoms with E-state index in [9.17, 15) is 0 Å². The highest BCUT2D eigenvalue weighted by atomic mass is 16.5. The minimum atomic E-state index is 0.382. The van der Waals surface area contributed by atoms with E-state index in [1.165, 1.54) is 17.5 Å². The predicted octanol–water partition coefficient (Wildman–Crippen LogP) is 4.21. The molecule has 0 aliphatic carbocycles. The summed E-state index contributed by atoms with van der Waals surface area (Å²) in [5, 5.41) is 0. The van der Waals surface area contributed by atoms with Gasteiger partial charge in [0.1, 0.15) is 0 Å². The minimum Gasteiger partial charge on any atom is -0.382 e. The molecule has 88 valence electrons. The Bertz CT molecular complexity index is 328. The quantitative estimate of drug-likeness (QED) is 0.650. The lowest BCUT2D eigenvalue weighted by Crippen LogP contribution is -2.03. The summed E-state index contributed by atoms with van der Waals surface area (Å²) in [6.07, 6.45) is 8.28. The Labute approximate surface area is 99.1 Å². The Morgan fingerprint density at radius 3 is 2.88 bits per heavy atom. The number of hydrogen-bond acceptors (Lipinski definition) is 1. The number of allylic oxidation sites excluding steroid dienone is 1. The van der Waals surface area contributed by atoms with Gasteiger partial charge in [-0.15, -0.1) is 0 Å². The van der Waals surface area contributed by atoms with Crippen molar-refractivity contribution in [1.82, 2.24) is 0 Å². The van der Waals surface area contributed by atoms with E-state index in [1.54, 1.807) is 7.11 Å². The Morgan fingerprint density at radius 1 is 1.38 bits per heavy atom. The lowest BCUT2D eigenvalue weighted by atomic mass is 10.1. The van der Waals surface area contributed by atoms with E-state index in [4.69, 9.17) is 4.74 Å². The van der Waals surface area contributed by atoms with Crippen LogP contribution in [0.4, 0.5) is 0 Å². The van der Waals surface area contributed by atoms with Crippen LogP contribution < -0.4 is 0 Å². The van der Waals surface area contributed by atoms with Crippen molar-refractivity contribution in [2.24, 2.45) is 0 Å². The highest BCUT2D eigenvalue weighted by Gasteiger charge is 1.96. The number of methoxy groups -OCH3 is 1.